The molecule has 0 bridgehead atoms. The second-order valence-electron chi connectivity index (χ2n) is 9.05. The van der Waals surface area contributed by atoms with Crippen LogP contribution in [-0.4, -0.2) is 38.0 Å². The number of aromatic nitrogens is 2. The Morgan fingerprint density at radius 2 is 1.71 bits per heavy atom. The fraction of sp³-hybridized carbons (Fsp3) is 0.320. The Labute approximate surface area is 222 Å². The molecule has 0 saturated heterocycles. The lowest BCUT2D eigenvalue weighted by molar-refractivity contribution is -0.119. The number of sulfonamides is 2. The van der Waals surface area contributed by atoms with Crippen molar-refractivity contribution in [3.63, 3.8) is 0 Å². The van der Waals surface area contributed by atoms with Crippen molar-refractivity contribution >= 4 is 49.1 Å². The van der Waals surface area contributed by atoms with E-state index in [4.69, 9.17) is 0 Å². The lowest BCUT2D eigenvalue weighted by Crippen LogP contribution is -2.30. The lowest BCUT2D eigenvalue weighted by Gasteiger charge is -2.13. The minimum Gasteiger partial charge on any atom is -0.340 e. The molecule has 1 aliphatic carbocycles. The predicted octanol–water partition coefficient (Wildman–Crippen LogP) is 3.46. The number of rotatable bonds is 12. The second kappa shape index (κ2) is 11.5. The standard InChI is InChI=1S/C25H30N6O5S2/c1-3-6-23(32)31-38(35,36)22-10-5-9-20(14-22)29-25-26-15-17(2)24(30-25)28-19-8-4-7-18(13-19)16-27-37(33,34)21-11-12-21/h4-5,7-10,13-15,21,27H,3,6,11-12,16H2,1-2H3,(H,31,32)(H2,26,28,29,30). The fourth-order valence-electron chi connectivity index (χ4n) is 3.56. The molecule has 0 atom stereocenters. The van der Waals surface area contributed by atoms with Crippen molar-refractivity contribution in [2.24, 2.45) is 0 Å². The summed E-state index contributed by atoms with van der Waals surface area (Å²) >= 11 is 0. The molecule has 0 spiro atoms. The average Bonchev–Trinajstić information content (AvgIpc) is 3.72. The van der Waals surface area contributed by atoms with Crippen LogP contribution in [0.25, 0.3) is 0 Å². The molecule has 0 unspecified atom stereocenters. The molecule has 4 rings (SSSR count). The van der Waals surface area contributed by atoms with Crippen molar-refractivity contribution in [2.45, 2.75) is 56.2 Å². The quantitative estimate of drug-likeness (QED) is 0.261. The summed E-state index contributed by atoms with van der Waals surface area (Å²) in [6.07, 6.45) is 3.68. The first kappa shape index (κ1) is 27.5. The van der Waals surface area contributed by atoms with Crippen LogP contribution in [0.4, 0.5) is 23.1 Å². The van der Waals surface area contributed by atoms with Crippen LogP contribution in [0.5, 0.6) is 0 Å². The number of anilines is 4. The molecule has 202 valence electrons. The molecule has 11 nitrogen and oxygen atoms in total. The number of carbonyl (C=O) groups excluding carboxylic acids is 1. The summed E-state index contributed by atoms with van der Waals surface area (Å²) in [6, 6.07) is 13.3. The zero-order chi connectivity index (χ0) is 27.3. The van der Waals surface area contributed by atoms with Crippen molar-refractivity contribution in [3.05, 3.63) is 65.9 Å². The van der Waals surface area contributed by atoms with E-state index in [1.54, 1.807) is 25.3 Å². The summed E-state index contributed by atoms with van der Waals surface area (Å²) in [7, 11) is -7.29. The van der Waals surface area contributed by atoms with Gasteiger partial charge in [-0.05, 0) is 62.1 Å². The smallest absolute Gasteiger partial charge is 0.264 e. The van der Waals surface area contributed by atoms with E-state index >= 15 is 0 Å². The zero-order valence-corrected chi connectivity index (χ0v) is 22.7. The van der Waals surface area contributed by atoms with Gasteiger partial charge in [-0.25, -0.2) is 31.3 Å². The monoisotopic (exact) mass is 558 g/mol. The van der Waals surface area contributed by atoms with E-state index in [0.29, 0.717) is 30.8 Å². The van der Waals surface area contributed by atoms with E-state index in [-0.39, 0.29) is 29.1 Å². The van der Waals surface area contributed by atoms with Crippen LogP contribution in [-0.2, 0) is 31.4 Å². The van der Waals surface area contributed by atoms with E-state index in [0.717, 1.165) is 16.8 Å². The molecule has 1 heterocycles. The summed E-state index contributed by atoms with van der Waals surface area (Å²) in [5, 5.41) is 5.95. The lowest BCUT2D eigenvalue weighted by atomic mass is 10.2. The maximum absolute atomic E-state index is 12.6. The van der Waals surface area contributed by atoms with E-state index in [1.807, 2.05) is 31.2 Å². The molecule has 0 aliphatic heterocycles. The highest BCUT2D eigenvalue weighted by Gasteiger charge is 2.35. The molecule has 38 heavy (non-hydrogen) atoms. The van der Waals surface area contributed by atoms with Crippen LogP contribution >= 0.6 is 0 Å². The fourth-order valence-corrected chi connectivity index (χ4v) is 5.98. The van der Waals surface area contributed by atoms with Crippen LogP contribution in [0.1, 0.15) is 43.7 Å². The molecular weight excluding hydrogens is 528 g/mol. The van der Waals surface area contributed by atoms with Gasteiger partial charge in [-0.3, -0.25) is 4.79 Å². The first-order chi connectivity index (χ1) is 18.1. The van der Waals surface area contributed by atoms with Gasteiger partial charge in [-0.1, -0.05) is 25.1 Å². The maximum Gasteiger partial charge on any atom is 0.264 e. The first-order valence-electron chi connectivity index (χ1n) is 12.2. The van der Waals surface area contributed by atoms with Crippen molar-refractivity contribution in [2.75, 3.05) is 10.6 Å². The van der Waals surface area contributed by atoms with E-state index in [9.17, 15) is 21.6 Å². The number of aryl methyl sites for hydroxylation is 1. The number of hydrogen-bond acceptors (Lipinski definition) is 9. The van der Waals surface area contributed by atoms with Gasteiger partial charge in [0.05, 0.1) is 10.1 Å². The van der Waals surface area contributed by atoms with Gasteiger partial charge in [0, 0.05) is 36.1 Å². The Kier molecular flexibility index (Phi) is 8.29. The highest BCUT2D eigenvalue weighted by molar-refractivity contribution is 7.90. The summed E-state index contributed by atoms with van der Waals surface area (Å²) < 4.78 is 54.1. The van der Waals surface area contributed by atoms with Gasteiger partial charge in [0.1, 0.15) is 5.82 Å². The van der Waals surface area contributed by atoms with E-state index < -0.39 is 26.0 Å². The SMILES string of the molecule is CCCC(=O)NS(=O)(=O)c1cccc(Nc2ncc(C)c(Nc3cccc(CNS(=O)(=O)C4CC4)c3)n2)c1. The Bertz CT molecular complexity index is 1540. The highest BCUT2D eigenvalue weighted by atomic mass is 32.2. The molecule has 1 saturated carbocycles. The second-order valence-corrected chi connectivity index (χ2v) is 12.8. The number of carbonyl (C=O) groups is 1. The third kappa shape index (κ3) is 7.27. The van der Waals surface area contributed by atoms with Gasteiger partial charge in [0.2, 0.25) is 21.9 Å². The number of benzene rings is 2. The largest absolute Gasteiger partial charge is 0.340 e. The minimum absolute atomic E-state index is 0.0634. The Morgan fingerprint density at radius 1 is 1.00 bits per heavy atom. The predicted molar refractivity (Wildman–Crippen MR) is 145 cm³/mol. The van der Waals surface area contributed by atoms with Crippen LogP contribution in [0.2, 0.25) is 0 Å². The summed E-state index contributed by atoms with van der Waals surface area (Å²) in [5.74, 6) is 0.192. The van der Waals surface area contributed by atoms with Crippen molar-refractivity contribution in [1.29, 1.82) is 0 Å². The highest BCUT2D eigenvalue weighted by Crippen LogP contribution is 2.28. The van der Waals surface area contributed by atoms with Crippen LogP contribution in [0.15, 0.2) is 59.6 Å². The third-order valence-corrected chi connectivity index (χ3v) is 8.99. The normalized spacial score (nSPS) is 13.6. The van der Waals surface area contributed by atoms with Gasteiger partial charge in [0.25, 0.3) is 10.0 Å². The van der Waals surface area contributed by atoms with E-state index in [2.05, 4.69) is 30.0 Å². The number of nitrogens with zero attached hydrogens (tertiary/aromatic N) is 2. The molecule has 1 amide bonds. The maximum atomic E-state index is 12.6. The van der Waals surface area contributed by atoms with E-state index in [1.165, 1.54) is 12.1 Å². The molecule has 3 aromatic rings. The number of hydrogen-bond donors (Lipinski definition) is 4. The van der Waals surface area contributed by atoms with Gasteiger partial charge in [0.15, 0.2) is 0 Å². The molecule has 1 aliphatic rings. The van der Waals surface area contributed by atoms with Gasteiger partial charge < -0.3 is 10.6 Å². The van der Waals surface area contributed by atoms with Crippen molar-refractivity contribution in [1.82, 2.24) is 19.4 Å². The molecule has 0 radical (unpaired) electrons. The van der Waals surface area contributed by atoms with Crippen LogP contribution in [0, 0.1) is 6.92 Å². The Hall–Kier alpha value is -3.55. The van der Waals surface area contributed by atoms with Crippen LogP contribution in [0.3, 0.4) is 0 Å². The minimum atomic E-state index is -4.01. The molecule has 13 heteroatoms. The van der Waals surface area contributed by atoms with Crippen LogP contribution < -0.4 is 20.1 Å². The summed E-state index contributed by atoms with van der Waals surface area (Å²) in [4.78, 5) is 20.5. The molecule has 1 fully saturated rings. The molecular formula is C25H30N6O5S2. The summed E-state index contributed by atoms with van der Waals surface area (Å²) in [6.45, 7) is 3.83. The topological polar surface area (TPSA) is 159 Å². The Morgan fingerprint density at radius 3 is 2.42 bits per heavy atom. The van der Waals surface area contributed by atoms with Crippen molar-refractivity contribution in [3.8, 4) is 0 Å². The zero-order valence-electron chi connectivity index (χ0n) is 21.1. The Balaban J connectivity index is 1.46. The molecule has 2 aromatic carbocycles. The summed E-state index contributed by atoms with van der Waals surface area (Å²) in [5.41, 5.74) is 2.71. The molecule has 1 aromatic heterocycles. The number of amides is 1. The first-order valence-corrected chi connectivity index (χ1v) is 15.2. The van der Waals surface area contributed by atoms with Gasteiger partial charge >= 0.3 is 0 Å². The van der Waals surface area contributed by atoms with Gasteiger partial charge in [-0.2, -0.15) is 4.98 Å². The number of nitrogens with one attached hydrogen (secondary N) is 4. The van der Waals surface area contributed by atoms with Crippen molar-refractivity contribution < 1.29 is 21.6 Å². The third-order valence-electron chi connectivity index (χ3n) is 5.73. The van der Waals surface area contributed by atoms with Gasteiger partial charge in [-0.15, -0.1) is 0 Å². The average molecular weight is 559 g/mol. The molecule has 4 N–H and O–H groups in total.